The molecule has 1 aromatic carbocycles. The standard InChI is InChI=1S/C9H10F3NO/c1-5-2-3-6(4-7(5)14)8(13)9(10,11)12/h2-4,8,14H,13H2,1H3. The van der Waals surface area contributed by atoms with E-state index in [0.717, 1.165) is 6.07 Å². The zero-order valence-corrected chi connectivity index (χ0v) is 7.47. The van der Waals surface area contributed by atoms with Crippen LogP contribution < -0.4 is 5.73 Å². The molecule has 78 valence electrons. The molecular weight excluding hydrogens is 195 g/mol. The highest BCUT2D eigenvalue weighted by Gasteiger charge is 2.37. The Kier molecular flexibility index (Phi) is 2.71. The number of hydrogen-bond donors (Lipinski definition) is 2. The van der Waals surface area contributed by atoms with Crippen molar-refractivity contribution >= 4 is 0 Å². The monoisotopic (exact) mass is 205 g/mol. The molecule has 0 radical (unpaired) electrons. The number of benzene rings is 1. The smallest absolute Gasteiger partial charge is 0.407 e. The van der Waals surface area contributed by atoms with Crippen molar-refractivity contribution < 1.29 is 18.3 Å². The van der Waals surface area contributed by atoms with Gasteiger partial charge < -0.3 is 10.8 Å². The topological polar surface area (TPSA) is 46.2 Å². The average Bonchev–Trinajstić information content (AvgIpc) is 2.07. The number of halogens is 3. The second kappa shape index (κ2) is 3.49. The molecule has 14 heavy (non-hydrogen) atoms. The molecule has 0 spiro atoms. The summed E-state index contributed by atoms with van der Waals surface area (Å²) in [5, 5.41) is 9.19. The average molecular weight is 205 g/mol. The van der Waals surface area contributed by atoms with Crippen LogP contribution in [0.15, 0.2) is 18.2 Å². The van der Waals surface area contributed by atoms with E-state index in [2.05, 4.69) is 0 Å². The van der Waals surface area contributed by atoms with Gasteiger partial charge in [-0.1, -0.05) is 12.1 Å². The fourth-order valence-electron chi connectivity index (χ4n) is 1.01. The van der Waals surface area contributed by atoms with Crippen LogP contribution in [0.4, 0.5) is 13.2 Å². The molecule has 0 fully saturated rings. The Bertz CT molecular complexity index is 335. The summed E-state index contributed by atoms with van der Waals surface area (Å²) in [5.74, 6) is -0.179. The van der Waals surface area contributed by atoms with E-state index in [-0.39, 0.29) is 11.3 Å². The number of phenolic OH excluding ortho intramolecular Hbond substituents is 1. The second-order valence-corrected chi connectivity index (χ2v) is 3.07. The Hall–Kier alpha value is -1.23. The summed E-state index contributed by atoms with van der Waals surface area (Å²) < 4.78 is 36.5. The number of alkyl halides is 3. The maximum atomic E-state index is 12.2. The van der Waals surface area contributed by atoms with Crippen LogP contribution in [0.3, 0.4) is 0 Å². The van der Waals surface area contributed by atoms with Gasteiger partial charge in [-0.2, -0.15) is 13.2 Å². The predicted molar refractivity (Wildman–Crippen MR) is 45.8 cm³/mol. The Balaban J connectivity index is 3.03. The highest BCUT2D eigenvalue weighted by molar-refractivity contribution is 5.36. The molecule has 1 aromatic rings. The van der Waals surface area contributed by atoms with Gasteiger partial charge in [0, 0.05) is 0 Å². The summed E-state index contributed by atoms with van der Waals surface area (Å²) in [6.07, 6.45) is -4.48. The van der Waals surface area contributed by atoms with Crippen LogP contribution in [0.2, 0.25) is 0 Å². The van der Waals surface area contributed by atoms with Gasteiger partial charge in [-0.3, -0.25) is 0 Å². The van der Waals surface area contributed by atoms with Crippen molar-refractivity contribution in [2.75, 3.05) is 0 Å². The molecular formula is C9H10F3NO. The normalized spacial score (nSPS) is 14.1. The molecule has 5 heteroatoms. The molecule has 3 N–H and O–H groups in total. The van der Waals surface area contributed by atoms with Crippen molar-refractivity contribution in [1.29, 1.82) is 0 Å². The van der Waals surface area contributed by atoms with Crippen LogP contribution in [-0.4, -0.2) is 11.3 Å². The van der Waals surface area contributed by atoms with E-state index in [1.165, 1.54) is 12.1 Å². The lowest BCUT2D eigenvalue weighted by atomic mass is 10.0. The SMILES string of the molecule is Cc1ccc(C(N)C(F)(F)F)cc1O. The lowest BCUT2D eigenvalue weighted by Crippen LogP contribution is -2.28. The fraction of sp³-hybridized carbons (Fsp3) is 0.333. The summed E-state index contributed by atoms with van der Waals surface area (Å²) >= 11 is 0. The molecule has 0 aliphatic rings. The van der Waals surface area contributed by atoms with Crippen LogP contribution >= 0.6 is 0 Å². The predicted octanol–water partition coefficient (Wildman–Crippen LogP) is 2.26. The minimum atomic E-state index is -4.48. The molecule has 0 aliphatic carbocycles. The van der Waals surface area contributed by atoms with Crippen molar-refractivity contribution in [3.05, 3.63) is 29.3 Å². The van der Waals surface area contributed by atoms with Crippen LogP contribution in [0, 0.1) is 6.92 Å². The number of rotatable bonds is 1. The van der Waals surface area contributed by atoms with Gasteiger partial charge in [0.05, 0.1) is 0 Å². The van der Waals surface area contributed by atoms with Crippen molar-refractivity contribution in [2.24, 2.45) is 5.73 Å². The lowest BCUT2D eigenvalue weighted by Gasteiger charge is -2.16. The Morgan fingerprint density at radius 3 is 2.36 bits per heavy atom. The van der Waals surface area contributed by atoms with E-state index in [1.54, 1.807) is 6.92 Å². The zero-order chi connectivity index (χ0) is 10.9. The van der Waals surface area contributed by atoms with Gasteiger partial charge >= 0.3 is 6.18 Å². The molecule has 0 aliphatic heterocycles. The third-order valence-electron chi connectivity index (χ3n) is 1.94. The first kappa shape index (κ1) is 10.8. The van der Waals surface area contributed by atoms with Gasteiger partial charge in [-0.25, -0.2) is 0 Å². The summed E-state index contributed by atoms with van der Waals surface area (Å²) in [4.78, 5) is 0. The molecule has 2 nitrogen and oxygen atoms in total. The quantitative estimate of drug-likeness (QED) is 0.738. The minimum Gasteiger partial charge on any atom is -0.508 e. The highest BCUT2D eigenvalue weighted by atomic mass is 19.4. The first-order valence-electron chi connectivity index (χ1n) is 3.94. The summed E-state index contributed by atoms with van der Waals surface area (Å²) in [5.41, 5.74) is 5.33. The van der Waals surface area contributed by atoms with Crippen molar-refractivity contribution in [1.82, 2.24) is 0 Å². The van der Waals surface area contributed by atoms with Crippen LogP contribution in [0.5, 0.6) is 5.75 Å². The Morgan fingerprint density at radius 2 is 1.93 bits per heavy atom. The van der Waals surface area contributed by atoms with Gasteiger partial charge in [-0.15, -0.1) is 0 Å². The largest absolute Gasteiger partial charge is 0.508 e. The molecule has 0 amide bonds. The van der Waals surface area contributed by atoms with Crippen LogP contribution in [-0.2, 0) is 0 Å². The van der Waals surface area contributed by atoms with Crippen molar-refractivity contribution in [3.8, 4) is 5.75 Å². The molecule has 0 aromatic heterocycles. The molecule has 1 unspecified atom stereocenters. The number of nitrogens with two attached hydrogens (primary N) is 1. The molecule has 0 saturated carbocycles. The number of aromatic hydroxyl groups is 1. The third-order valence-corrected chi connectivity index (χ3v) is 1.94. The third kappa shape index (κ3) is 2.17. The minimum absolute atomic E-state index is 0.138. The molecule has 0 heterocycles. The van der Waals surface area contributed by atoms with Crippen molar-refractivity contribution in [3.63, 3.8) is 0 Å². The maximum absolute atomic E-state index is 12.2. The van der Waals surface area contributed by atoms with Crippen LogP contribution in [0.25, 0.3) is 0 Å². The fourth-order valence-corrected chi connectivity index (χ4v) is 1.01. The van der Waals surface area contributed by atoms with Crippen LogP contribution in [0.1, 0.15) is 17.2 Å². The van der Waals surface area contributed by atoms with Gasteiger partial charge in [0.2, 0.25) is 0 Å². The van der Waals surface area contributed by atoms with Gasteiger partial charge in [0.25, 0.3) is 0 Å². The molecule has 1 rings (SSSR count). The summed E-state index contributed by atoms with van der Waals surface area (Å²) in [7, 11) is 0. The first-order chi connectivity index (χ1) is 6.32. The summed E-state index contributed by atoms with van der Waals surface area (Å²) in [6.45, 7) is 1.60. The van der Waals surface area contributed by atoms with E-state index in [4.69, 9.17) is 5.73 Å². The van der Waals surface area contributed by atoms with E-state index in [9.17, 15) is 18.3 Å². The number of aryl methyl sites for hydroxylation is 1. The van der Waals surface area contributed by atoms with Gasteiger partial charge in [0.1, 0.15) is 11.8 Å². The van der Waals surface area contributed by atoms with E-state index in [1.807, 2.05) is 0 Å². The van der Waals surface area contributed by atoms with E-state index < -0.39 is 12.2 Å². The van der Waals surface area contributed by atoms with Crippen molar-refractivity contribution in [2.45, 2.75) is 19.1 Å². The zero-order valence-electron chi connectivity index (χ0n) is 7.47. The Morgan fingerprint density at radius 1 is 1.36 bits per heavy atom. The molecule has 0 bridgehead atoms. The second-order valence-electron chi connectivity index (χ2n) is 3.07. The maximum Gasteiger partial charge on any atom is 0.407 e. The molecule has 1 atom stereocenters. The van der Waals surface area contributed by atoms with Gasteiger partial charge in [0.15, 0.2) is 0 Å². The number of phenols is 1. The van der Waals surface area contributed by atoms with Gasteiger partial charge in [-0.05, 0) is 24.1 Å². The Labute approximate surface area is 79.2 Å². The highest BCUT2D eigenvalue weighted by Crippen LogP contribution is 2.32. The lowest BCUT2D eigenvalue weighted by molar-refractivity contribution is -0.149. The molecule has 0 saturated heterocycles. The van der Waals surface area contributed by atoms with E-state index in [0.29, 0.717) is 5.56 Å². The summed E-state index contributed by atoms with van der Waals surface area (Å²) in [6, 6.07) is 1.64. The number of hydrogen-bond acceptors (Lipinski definition) is 2. The first-order valence-corrected chi connectivity index (χ1v) is 3.94. The van der Waals surface area contributed by atoms with E-state index >= 15 is 0 Å².